The molecule has 2 heterocycles. The molecule has 134 valence electrons. The van der Waals surface area contributed by atoms with E-state index >= 15 is 0 Å². The Kier molecular flexibility index (Phi) is 4.75. The largest absolute Gasteiger partial charge is 0.384 e. The van der Waals surface area contributed by atoms with E-state index in [2.05, 4.69) is 15.5 Å². The van der Waals surface area contributed by atoms with E-state index in [1.165, 1.54) is 14.1 Å². The van der Waals surface area contributed by atoms with Crippen molar-refractivity contribution in [1.29, 1.82) is 0 Å². The number of hydrogen-bond acceptors (Lipinski definition) is 8. The highest BCUT2D eigenvalue weighted by Crippen LogP contribution is 2.31. The molecule has 25 heavy (non-hydrogen) atoms. The van der Waals surface area contributed by atoms with Gasteiger partial charge in [0, 0.05) is 14.1 Å². The lowest BCUT2D eigenvalue weighted by Gasteiger charge is -2.12. The second-order valence-electron chi connectivity index (χ2n) is 6.02. The number of ketones is 1. The SMILES string of the molecule is Cn1c(N)c(C(=O)CSc2nnnn2C2CCCC2)c(=O)n(C)c1=O. The van der Waals surface area contributed by atoms with E-state index in [4.69, 9.17) is 5.73 Å². The van der Waals surface area contributed by atoms with Crippen LogP contribution in [0, 0.1) is 0 Å². The molecular weight excluding hydrogens is 346 g/mol. The van der Waals surface area contributed by atoms with Crippen molar-refractivity contribution in [3.63, 3.8) is 0 Å². The standard InChI is InChI=1S/C14H19N7O3S/c1-19-11(15)10(12(23)20(2)14(19)24)9(22)7-25-13-16-17-18-21(13)8-5-3-4-6-8/h8H,3-7,15H2,1-2H3. The maximum Gasteiger partial charge on any atom is 0.332 e. The van der Waals surface area contributed by atoms with Gasteiger partial charge in [-0.15, -0.1) is 5.10 Å². The van der Waals surface area contributed by atoms with Gasteiger partial charge in [-0.1, -0.05) is 24.6 Å². The molecule has 0 aliphatic heterocycles. The summed E-state index contributed by atoms with van der Waals surface area (Å²) in [4.78, 5) is 36.6. The number of thioether (sulfide) groups is 1. The number of carbonyl (C=O) groups excluding carboxylic acids is 1. The second-order valence-corrected chi connectivity index (χ2v) is 6.96. The van der Waals surface area contributed by atoms with E-state index in [9.17, 15) is 14.4 Å². The quantitative estimate of drug-likeness (QED) is 0.566. The van der Waals surface area contributed by atoms with Gasteiger partial charge in [-0.3, -0.25) is 18.7 Å². The lowest BCUT2D eigenvalue weighted by Crippen LogP contribution is -2.41. The van der Waals surface area contributed by atoms with E-state index < -0.39 is 17.0 Å². The van der Waals surface area contributed by atoms with E-state index in [-0.39, 0.29) is 23.2 Å². The minimum atomic E-state index is -0.693. The first-order valence-electron chi connectivity index (χ1n) is 7.91. The van der Waals surface area contributed by atoms with Crippen LogP contribution in [0.4, 0.5) is 5.82 Å². The van der Waals surface area contributed by atoms with Gasteiger partial charge >= 0.3 is 5.69 Å². The molecule has 0 bridgehead atoms. The highest BCUT2D eigenvalue weighted by atomic mass is 32.2. The van der Waals surface area contributed by atoms with Crippen molar-refractivity contribution >= 4 is 23.4 Å². The summed E-state index contributed by atoms with van der Waals surface area (Å²) in [5, 5.41) is 12.2. The Morgan fingerprint density at radius 2 is 1.92 bits per heavy atom. The van der Waals surface area contributed by atoms with Crippen molar-refractivity contribution in [3.05, 3.63) is 26.4 Å². The molecule has 1 aliphatic rings. The molecule has 2 N–H and O–H groups in total. The number of tetrazole rings is 1. The van der Waals surface area contributed by atoms with Crippen molar-refractivity contribution in [2.24, 2.45) is 14.1 Å². The monoisotopic (exact) mass is 365 g/mol. The molecule has 0 atom stereocenters. The highest BCUT2D eigenvalue weighted by Gasteiger charge is 2.24. The molecule has 1 aliphatic carbocycles. The fraction of sp³-hybridized carbons (Fsp3) is 0.571. The summed E-state index contributed by atoms with van der Waals surface area (Å²) in [6.07, 6.45) is 4.30. The molecule has 0 aromatic carbocycles. The fourth-order valence-corrected chi connectivity index (χ4v) is 3.80. The minimum Gasteiger partial charge on any atom is -0.384 e. The van der Waals surface area contributed by atoms with E-state index in [0.29, 0.717) is 5.16 Å². The normalized spacial score (nSPS) is 15.0. The smallest absolute Gasteiger partial charge is 0.332 e. The van der Waals surface area contributed by atoms with Gasteiger partial charge in [0.05, 0.1) is 11.8 Å². The van der Waals surface area contributed by atoms with Crippen molar-refractivity contribution < 1.29 is 4.79 Å². The average molecular weight is 365 g/mol. The van der Waals surface area contributed by atoms with Crippen molar-refractivity contribution in [3.8, 4) is 0 Å². The highest BCUT2D eigenvalue weighted by molar-refractivity contribution is 7.99. The first kappa shape index (κ1) is 17.4. The van der Waals surface area contributed by atoms with E-state index in [1.54, 1.807) is 4.68 Å². The predicted octanol–water partition coefficient (Wildman–Crippen LogP) is -0.257. The van der Waals surface area contributed by atoms with Crippen molar-refractivity contribution in [2.75, 3.05) is 11.5 Å². The molecule has 2 aromatic rings. The van der Waals surface area contributed by atoms with Gasteiger partial charge in [-0.25, -0.2) is 9.48 Å². The number of nitrogen functional groups attached to an aromatic ring is 1. The van der Waals surface area contributed by atoms with Crippen LogP contribution >= 0.6 is 11.8 Å². The van der Waals surface area contributed by atoms with Gasteiger partial charge in [0.25, 0.3) is 5.56 Å². The van der Waals surface area contributed by atoms with Crippen molar-refractivity contribution in [1.82, 2.24) is 29.3 Å². The summed E-state index contributed by atoms with van der Waals surface area (Å²) in [5.74, 6) is -0.626. The van der Waals surface area contributed by atoms with Gasteiger partial charge in [0.2, 0.25) is 5.16 Å². The second kappa shape index (κ2) is 6.82. The number of hydrogen-bond donors (Lipinski definition) is 1. The van der Waals surface area contributed by atoms with Crippen LogP contribution < -0.4 is 17.0 Å². The zero-order valence-corrected chi connectivity index (χ0v) is 14.8. The van der Waals surface area contributed by atoms with Crippen LogP contribution in [0.5, 0.6) is 0 Å². The summed E-state index contributed by atoms with van der Waals surface area (Å²) in [7, 11) is 2.73. The lowest BCUT2D eigenvalue weighted by molar-refractivity contribution is 0.102. The number of rotatable bonds is 5. The third kappa shape index (κ3) is 3.11. The zero-order chi connectivity index (χ0) is 18.1. The Morgan fingerprint density at radius 3 is 2.60 bits per heavy atom. The van der Waals surface area contributed by atoms with Crippen LogP contribution in [0.3, 0.4) is 0 Å². The maximum atomic E-state index is 12.5. The van der Waals surface area contributed by atoms with Crippen LogP contribution in [0.1, 0.15) is 42.1 Å². The van der Waals surface area contributed by atoms with Crippen LogP contribution in [0.15, 0.2) is 14.7 Å². The lowest BCUT2D eigenvalue weighted by atomic mass is 10.2. The fourth-order valence-electron chi connectivity index (χ4n) is 2.98. The van der Waals surface area contributed by atoms with Crippen LogP contribution in [0.25, 0.3) is 0 Å². The summed E-state index contributed by atoms with van der Waals surface area (Å²) in [5.41, 5.74) is 4.36. The summed E-state index contributed by atoms with van der Waals surface area (Å²) >= 11 is 1.16. The third-order valence-corrected chi connectivity index (χ3v) is 5.39. The van der Waals surface area contributed by atoms with Gasteiger partial charge in [0.1, 0.15) is 11.4 Å². The Balaban J connectivity index is 1.82. The first-order chi connectivity index (χ1) is 11.9. The zero-order valence-electron chi connectivity index (χ0n) is 14.0. The summed E-state index contributed by atoms with van der Waals surface area (Å²) in [6.45, 7) is 0. The molecule has 0 spiro atoms. The number of Topliss-reactive ketones (excluding diaryl/α,β-unsaturated/α-hetero) is 1. The van der Waals surface area contributed by atoms with Gasteiger partial charge in [-0.05, 0) is 23.3 Å². The molecule has 1 fully saturated rings. The number of nitrogens with two attached hydrogens (primary N) is 1. The van der Waals surface area contributed by atoms with Crippen LogP contribution in [-0.4, -0.2) is 40.9 Å². The summed E-state index contributed by atoms with van der Waals surface area (Å²) < 4.78 is 3.70. The van der Waals surface area contributed by atoms with Gasteiger partial charge in [0.15, 0.2) is 5.78 Å². The van der Waals surface area contributed by atoms with Crippen molar-refractivity contribution in [2.45, 2.75) is 36.9 Å². The topological polar surface area (TPSA) is 131 Å². The molecule has 1 saturated carbocycles. The predicted molar refractivity (Wildman–Crippen MR) is 91.7 cm³/mol. The molecule has 0 saturated heterocycles. The van der Waals surface area contributed by atoms with E-state index in [0.717, 1.165) is 46.6 Å². The molecule has 2 aromatic heterocycles. The molecule has 3 rings (SSSR count). The molecule has 11 heteroatoms. The average Bonchev–Trinajstić information content (AvgIpc) is 3.27. The number of aromatic nitrogens is 6. The Labute approximate surface area is 147 Å². The minimum absolute atomic E-state index is 0.0370. The molecular formula is C14H19N7O3S. The Bertz CT molecular complexity index is 923. The Hall–Kier alpha value is -2.43. The Morgan fingerprint density at radius 1 is 1.24 bits per heavy atom. The molecule has 10 nitrogen and oxygen atoms in total. The maximum absolute atomic E-state index is 12.5. The van der Waals surface area contributed by atoms with Gasteiger partial charge < -0.3 is 5.73 Å². The number of anilines is 1. The number of carbonyl (C=O) groups is 1. The number of nitrogens with zero attached hydrogens (tertiary/aromatic N) is 6. The van der Waals surface area contributed by atoms with Crippen LogP contribution in [-0.2, 0) is 14.1 Å². The van der Waals surface area contributed by atoms with Gasteiger partial charge in [-0.2, -0.15) is 0 Å². The molecule has 0 amide bonds. The van der Waals surface area contributed by atoms with Crippen LogP contribution in [0.2, 0.25) is 0 Å². The van der Waals surface area contributed by atoms with E-state index in [1.807, 2.05) is 0 Å². The first-order valence-corrected chi connectivity index (χ1v) is 8.89. The third-order valence-electron chi connectivity index (χ3n) is 4.45. The molecule has 0 radical (unpaired) electrons. The summed E-state index contributed by atoms with van der Waals surface area (Å²) in [6, 6.07) is 0.253. The molecule has 0 unspecified atom stereocenters.